The van der Waals surface area contributed by atoms with Crippen LogP contribution in [-0.4, -0.2) is 17.4 Å². The van der Waals surface area contributed by atoms with E-state index in [0.29, 0.717) is 19.4 Å². The second-order valence-electron chi connectivity index (χ2n) is 3.34. The van der Waals surface area contributed by atoms with Gasteiger partial charge in [0.05, 0.1) is 4.92 Å². The quantitative estimate of drug-likeness (QED) is 0.363. The van der Waals surface area contributed by atoms with E-state index in [1.165, 1.54) is 18.2 Å². The molecular formula is C12H12N2O3. The Bertz CT molecular complexity index is 463. The first-order valence-electron chi connectivity index (χ1n) is 5.12. The van der Waals surface area contributed by atoms with Crippen molar-refractivity contribution in [2.75, 3.05) is 6.54 Å². The van der Waals surface area contributed by atoms with Crippen LogP contribution in [0.5, 0.6) is 0 Å². The van der Waals surface area contributed by atoms with E-state index in [2.05, 4.69) is 11.2 Å². The zero-order valence-corrected chi connectivity index (χ0v) is 9.18. The molecule has 0 aliphatic carbocycles. The van der Waals surface area contributed by atoms with Gasteiger partial charge in [-0.25, -0.2) is 0 Å². The molecule has 0 fully saturated rings. The number of unbranched alkanes of at least 4 members (excludes halogenated alkanes) is 1. The number of carbonyl (C=O) groups excluding carboxylic acids is 1. The van der Waals surface area contributed by atoms with Gasteiger partial charge >= 0.3 is 0 Å². The molecule has 88 valence electrons. The fourth-order valence-corrected chi connectivity index (χ4v) is 1.31. The molecule has 1 amide bonds. The van der Waals surface area contributed by atoms with Crippen LogP contribution in [0.3, 0.4) is 0 Å². The summed E-state index contributed by atoms with van der Waals surface area (Å²) in [6.07, 6.45) is 6.29. The zero-order valence-electron chi connectivity index (χ0n) is 9.18. The summed E-state index contributed by atoms with van der Waals surface area (Å²) in [5, 5.41) is 13.3. The van der Waals surface area contributed by atoms with Gasteiger partial charge in [0.25, 0.3) is 11.6 Å². The SMILES string of the molecule is C#CCCCNC(=O)c1ccccc1[N+](=O)[O-]. The molecular weight excluding hydrogens is 220 g/mol. The fourth-order valence-electron chi connectivity index (χ4n) is 1.31. The number of hydrogen-bond donors (Lipinski definition) is 1. The summed E-state index contributed by atoms with van der Waals surface area (Å²) in [6, 6.07) is 5.83. The molecule has 0 saturated heterocycles. The number of hydrogen-bond acceptors (Lipinski definition) is 3. The second-order valence-corrected chi connectivity index (χ2v) is 3.34. The topological polar surface area (TPSA) is 72.2 Å². The van der Waals surface area contributed by atoms with Crippen LogP contribution in [0.4, 0.5) is 5.69 Å². The van der Waals surface area contributed by atoms with Gasteiger partial charge in [-0.2, -0.15) is 0 Å². The Hall–Kier alpha value is -2.35. The van der Waals surface area contributed by atoms with Gasteiger partial charge in [-0.1, -0.05) is 12.1 Å². The van der Waals surface area contributed by atoms with Gasteiger partial charge < -0.3 is 5.32 Å². The van der Waals surface area contributed by atoms with Gasteiger partial charge in [0, 0.05) is 19.0 Å². The second kappa shape index (κ2) is 6.28. The molecule has 0 aromatic heterocycles. The van der Waals surface area contributed by atoms with Gasteiger partial charge in [0.2, 0.25) is 0 Å². The molecule has 0 atom stereocenters. The minimum atomic E-state index is -0.573. The Labute approximate surface area is 99.0 Å². The van der Waals surface area contributed by atoms with Crippen molar-refractivity contribution in [1.29, 1.82) is 0 Å². The normalized spacial score (nSPS) is 9.35. The van der Waals surface area contributed by atoms with E-state index in [1.54, 1.807) is 6.07 Å². The molecule has 5 heteroatoms. The van der Waals surface area contributed by atoms with Crippen LogP contribution in [0.2, 0.25) is 0 Å². The van der Waals surface area contributed by atoms with E-state index >= 15 is 0 Å². The van der Waals surface area contributed by atoms with Crippen molar-refractivity contribution in [1.82, 2.24) is 5.32 Å². The van der Waals surface area contributed by atoms with E-state index in [9.17, 15) is 14.9 Å². The van der Waals surface area contributed by atoms with Crippen LogP contribution < -0.4 is 5.32 Å². The van der Waals surface area contributed by atoms with E-state index in [0.717, 1.165) is 0 Å². The Balaban J connectivity index is 2.69. The maximum absolute atomic E-state index is 11.7. The van der Waals surface area contributed by atoms with Crippen molar-refractivity contribution in [2.45, 2.75) is 12.8 Å². The molecule has 0 aliphatic heterocycles. The monoisotopic (exact) mass is 232 g/mol. The van der Waals surface area contributed by atoms with Crippen molar-refractivity contribution in [3.63, 3.8) is 0 Å². The summed E-state index contributed by atoms with van der Waals surface area (Å²) < 4.78 is 0. The number of para-hydroxylation sites is 1. The Morgan fingerprint density at radius 1 is 1.47 bits per heavy atom. The molecule has 0 heterocycles. The molecule has 0 radical (unpaired) electrons. The fraction of sp³-hybridized carbons (Fsp3) is 0.250. The lowest BCUT2D eigenvalue weighted by atomic mass is 10.1. The summed E-state index contributed by atoms with van der Waals surface area (Å²) in [6.45, 7) is 0.412. The molecule has 1 N–H and O–H groups in total. The Morgan fingerprint density at radius 3 is 2.82 bits per heavy atom. The summed E-state index contributed by atoms with van der Waals surface area (Å²) in [4.78, 5) is 21.8. The van der Waals surface area contributed by atoms with Crippen molar-refractivity contribution >= 4 is 11.6 Å². The summed E-state index contributed by atoms with van der Waals surface area (Å²) in [5.74, 6) is 2.00. The summed E-state index contributed by atoms with van der Waals surface area (Å²) >= 11 is 0. The van der Waals surface area contributed by atoms with E-state index in [-0.39, 0.29) is 11.3 Å². The number of rotatable bonds is 5. The minimum Gasteiger partial charge on any atom is -0.352 e. The number of terminal acetylenes is 1. The van der Waals surface area contributed by atoms with E-state index < -0.39 is 10.8 Å². The number of nitrogens with one attached hydrogen (secondary N) is 1. The van der Waals surface area contributed by atoms with Crippen LogP contribution in [0.15, 0.2) is 24.3 Å². The standard InChI is InChI=1S/C12H12N2O3/c1-2-3-6-9-13-12(15)10-7-4-5-8-11(10)14(16)17/h1,4-5,7-8H,3,6,9H2,(H,13,15). The highest BCUT2D eigenvalue weighted by atomic mass is 16.6. The third-order valence-corrected chi connectivity index (χ3v) is 2.13. The van der Waals surface area contributed by atoms with Crippen LogP contribution in [0.1, 0.15) is 23.2 Å². The molecule has 0 spiro atoms. The highest BCUT2D eigenvalue weighted by molar-refractivity contribution is 5.98. The van der Waals surface area contributed by atoms with Crippen LogP contribution >= 0.6 is 0 Å². The Kier molecular flexibility index (Phi) is 4.70. The maximum atomic E-state index is 11.7. The molecule has 0 bridgehead atoms. The van der Waals surface area contributed by atoms with Crippen molar-refractivity contribution in [3.05, 3.63) is 39.9 Å². The minimum absolute atomic E-state index is 0.0678. The molecule has 5 nitrogen and oxygen atoms in total. The lowest BCUT2D eigenvalue weighted by molar-refractivity contribution is -0.385. The summed E-state index contributed by atoms with van der Waals surface area (Å²) in [5.41, 5.74) is -0.125. The number of nitro benzene ring substituents is 1. The zero-order chi connectivity index (χ0) is 12.7. The number of nitrogens with zero attached hydrogens (tertiary/aromatic N) is 1. The average Bonchev–Trinajstić information content (AvgIpc) is 2.34. The van der Waals surface area contributed by atoms with Gasteiger partial charge in [-0.05, 0) is 12.5 Å². The molecule has 0 unspecified atom stereocenters. The third kappa shape index (κ3) is 3.61. The molecule has 1 aromatic carbocycles. The maximum Gasteiger partial charge on any atom is 0.282 e. The largest absolute Gasteiger partial charge is 0.352 e. The van der Waals surface area contributed by atoms with Crippen LogP contribution in [0, 0.1) is 22.5 Å². The predicted molar refractivity (Wildman–Crippen MR) is 63.5 cm³/mol. The molecule has 1 rings (SSSR count). The van der Waals surface area contributed by atoms with Gasteiger partial charge in [0.15, 0.2) is 0 Å². The highest BCUT2D eigenvalue weighted by Gasteiger charge is 2.18. The number of nitro groups is 1. The first kappa shape index (κ1) is 12.7. The lowest BCUT2D eigenvalue weighted by Gasteiger charge is -2.04. The first-order chi connectivity index (χ1) is 8.16. The molecule has 17 heavy (non-hydrogen) atoms. The Morgan fingerprint density at radius 2 is 2.18 bits per heavy atom. The first-order valence-corrected chi connectivity index (χ1v) is 5.12. The predicted octanol–water partition coefficient (Wildman–Crippen LogP) is 1.74. The van der Waals surface area contributed by atoms with Gasteiger partial charge in [-0.15, -0.1) is 12.3 Å². The highest BCUT2D eigenvalue weighted by Crippen LogP contribution is 2.17. The van der Waals surface area contributed by atoms with Crippen LogP contribution in [-0.2, 0) is 0 Å². The molecule has 0 aliphatic rings. The van der Waals surface area contributed by atoms with Gasteiger partial charge in [0.1, 0.15) is 5.56 Å². The summed E-state index contributed by atoms with van der Waals surface area (Å²) in [7, 11) is 0. The van der Waals surface area contributed by atoms with E-state index in [4.69, 9.17) is 6.42 Å². The van der Waals surface area contributed by atoms with Gasteiger partial charge in [-0.3, -0.25) is 14.9 Å². The van der Waals surface area contributed by atoms with E-state index in [1.807, 2.05) is 0 Å². The van der Waals surface area contributed by atoms with Crippen molar-refractivity contribution in [2.24, 2.45) is 0 Å². The number of amides is 1. The lowest BCUT2D eigenvalue weighted by Crippen LogP contribution is -2.25. The van der Waals surface area contributed by atoms with Crippen LogP contribution in [0.25, 0.3) is 0 Å². The molecule has 0 saturated carbocycles. The van der Waals surface area contributed by atoms with Crippen molar-refractivity contribution < 1.29 is 9.72 Å². The average molecular weight is 232 g/mol. The number of carbonyl (C=O) groups is 1. The third-order valence-electron chi connectivity index (χ3n) is 2.13. The van der Waals surface area contributed by atoms with Crippen molar-refractivity contribution in [3.8, 4) is 12.3 Å². The molecule has 1 aromatic rings. The smallest absolute Gasteiger partial charge is 0.282 e. The number of benzene rings is 1.